The van der Waals surface area contributed by atoms with E-state index in [0.717, 1.165) is 11.1 Å². The highest BCUT2D eigenvalue weighted by molar-refractivity contribution is 5.94. The van der Waals surface area contributed by atoms with Gasteiger partial charge in [0, 0.05) is 12.1 Å². The van der Waals surface area contributed by atoms with Crippen molar-refractivity contribution in [2.45, 2.75) is 20.1 Å². The normalized spacial score (nSPS) is 10.5. The van der Waals surface area contributed by atoms with Gasteiger partial charge in [-0.15, -0.1) is 0 Å². The van der Waals surface area contributed by atoms with Gasteiger partial charge in [0.25, 0.3) is 5.91 Å². The number of rotatable bonds is 6. The fourth-order valence-electron chi connectivity index (χ4n) is 2.09. The Kier molecular flexibility index (Phi) is 5.51. The van der Waals surface area contributed by atoms with Crippen molar-refractivity contribution in [2.24, 2.45) is 0 Å². The number of methoxy groups -OCH3 is 1. The van der Waals surface area contributed by atoms with Crippen LogP contribution < -0.4 is 14.8 Å². The summed E-state index contributed by atoms with van der Waals surface area (Å²) in [6, 6.07) is 11.8. The molecular weight excluding hydrogens is 304 g/mol. The lowest BCUT2D eigenvalue weighted by molar-refractivity contribution is -0.0512. The maximum absolute atomic E-state index is 12.4. The van der Waals surface area contributed by atoms with Gasteiger partial charge in [0.2, 0.25) is 0 Å². The van der Waals surface area contributed by atoms with Crippen LogP contribution in [0.4, 0.5) is 8.78 Å². The molecule has 2 rings (SSSR count). The molecule has 0 spiro atoms. The second kappa shape index (κ2) is 7.58. The first-order valence-corrected chi connectivity index (χ1v) is 6.97. The summed E-state index contributed by atoms with van der Waals surface area (Å²) in [6.07, 6.45) is 0. The molecule has 0 aliphatic carbocycles. The predicted molar refractivity (Wildman–Crippen MR) is 82.0 cm³/mol. The van der Waals surface area contributed by atoms with Gasteiger partial charge in [0.15, 0.2) is 11.5 Å². The minimum Gasteiger partial charge on any atom is -0.493 e. The molecule has 122 valence electrons. The van der Waals surface area contributed by atoms with Crippen molar-refractivity contribution in [2.75, 3.05) is 7.11 Å². The van der Waals surface area contributed by atoms with Crippen LogP contribution in [0.3, 0.4) is 0 Å². The number of amides is 1. The highest BCUT2D eigenvalue weighted by atomic mass is 19.3. The van der Waals surface area contributed by atoms with Crippen molar-refractivity contribution in [1.29, 1.82) is 0 Å². The summed E-state index contributed by atoms with van der Waals surface area (Å²) >= 11 is 0. The van der Waals surface area contributed by atoms with E-state index in [1.165, 1.54) is 25.3 Å². The number of alkyl halides is 2. The molecule has 0 saturated carbocycles. The first-order chi connectivity index (χ1) is 11.0. The molecule has 0 heterocycles. The first kappa shape index (κ1) is 16.7. The summed E-state index contributed by atoms with van der Waals surface area (Å²) in [6.45, 7) is -0.694. The number of carbonyl (C=O) groups is 1. The zero-order chi connectivity index (χ0) is 16.8. The number of nitrogens with one attached hydrogen (secondary N) is 1. The lowest BCUT2D eigenvalue weighted by Crippen LogP contribution is -2.23. The summed E-state index contributed by atoms with van der Waals surface area (Å²) in [5, 5.41) is 2.75. The molecule has 0 aliphatic rings. The fraction of sp³-hybridized carbons (Fsp3) is 0.235. The maximum Gasteiger partial charge on any atom is 0.387 e. The number of aryl methyl sites for hydroxylation is 1. The molecule has 0 bridgehead atoms. The van der Waals surface area contributed by atoms with Gasteiger partial charge in [-0.1, -0.05) is 24.3 Å². The average Bonchev–Trinajstić information content (AvgIpc) is 2.53. The quantitative estimate of drug-likeness (QED) is 0.885. The molecule has 0 aromatic heterocycles. The molecular formula is C17H17F2NO3. The Balaban J connectivity index is 2.11. The SMILES string of the molecule is COc1ccc(C(=O)NCc2ccccc2C)cc1OC(F)F. The Morgan fingerprint density at radius 3 is 2.57 bits per heavy atom. The van der Waals surface area contributed by atoms with Crippen molar-refractivity contribution in [3.63, 3.8) is 0 Å². The second-order valence-corrected chi connectivity index (χ2v) is 4.85. The minimum absolute atomic E-state index is 0.140. The van der Waals surface area contributed by atoms with Crippen molar-refractivity contribution < 1.29 is 23.0 Å². The maximum atomic E-state index is 12.4. The van der Waals surface area contributed by atoms with Crippen LogP contribution >= 0.6 is 0 Å². The molecule has 1 amide bonds. The standard InChI is InChI=1S/C17H17F2NO3/c1-11-5-3-4-6-13(11)10-20-16(21)12-7-8-14(22-2)15(9-12)23-17(18)19/h3-9,17H,10H2,1-2H3,(H,20,21). The molecule has 0 aliphatic heterocycles. The molecule has 0 atom stereocenters. The summed E-state index contributed by atoms with van der Waals surface area (Å²) in [7, 11) is 1.34. The van der Waals surface area contributed by atoms with E-state index in [1.54, 1.807) is 0 Å². The van der Waals surface area contributed by atoms with Gasteiger partial charge in [0.1, 0.15) is 0 Å². The van der Waals surface area contributed by atoms with Crippen LogP contribution in [-0.4, -0.2) is 19.6 Å². The van der Waals surface area contributed by atoms with Gasteiger partial charge in [-0.3, -0.25) is 4.79 Å². The van der Waals surface area contributed by atoms with Gasteiger partial charge < -0.3 is 14.8 Å². The van der Waals surface area contributed by atoms with Gasteiger partial charge in [0.05, 0.1) is 7.11 Å². The third-order valence-corrected chi connectivity index (χ3v) is 3.34. The van der Waals surface area contributed by atoms with Gasteiger partial charge in [-0.25, -0.2) is 0 Å². The summed E-state index contributed by atoms with van der Waals surface area (Å²) in [5.74, 6) is -0.415. The predicted octanol–water partition coefficient (Wildman–Crippen LogP) is 3.54. The Bertz CT molecular complexity index is 689. The lowest BCUT2D eigenvalue weighted by atomic mass is 10.1. The Morgan fingerprint density at radius 1 is 1.17 bits per heavy atom. The van der Waals surface area contributed by atoms with Gasteiger partial charge >= 0.3 is 6.61 Å². The molecule has 6 heteroatoms. The molecule has 2 aromatic rings. The highest BCUT2D eigenvalue weighted by Crippen LogP contribution is 2.29. The topological polar surface area (TPSA) is 47.6 Å². The minimum atomic E-state index is -2.99. The number of hydrogen-bond donors (Lipinski definition) is 1. The van der Waals surface area contributed by atoms with Crippen molar-refractivity contribution in [3.8, 4) is 11.5 Å². The van der Waals surface area contributed by atoms with E-state index >= 15 is 0 Å². The molecule has 0 saturated heterocycles. The number of benzene rings is 2. The molecule has 1 N–H and O–H groups in total. The third kappa shape index (κ3) is 4.42. The number of ether oxygens (including phenoxy) is 2. The van der Waals surface area contributed by atoms with E-state index in [2.05, 4.69) is 10.1 Å². The van der Waals surface area contributed by atoms with Crippen LogP contribution in [-0.2, 0) is 6.54 Å². The summed E-state index contributed by atoms with van der Waals surface area (Å²) in [5.41, 5.74) is 2.26. The largest absolute Gasteiger partial charge is 0.493 e. The van der Waals surface area contributed by atoms with E-state index in [9.17, 15) is 13.6 Å². The molecule has 0 fully saturated rings. The van der Waals surface area contributed by atoms with Crippen molar-refractivity contribution in [1.82, 2.24) is 5.32 Å². The summed E-state index contributed by atoms with van der Waals surface area (Å²) in [4.78, 5) is 12.2. The monoisotopic (exact) mass is 321 g/mol. The number of carbonyl (C=O) groups excluding carboxylic acids is 1. The molecule has 0 radical (unpaired) electrons. The first-order valence-electron chi connectivity index (χ1n) is 6.97. The van der Waals surface area contributed by atoms with Gasteiger partial charge in [-0.2, -0.15) is 8.78 Å². The van der Waals surface area contributed by atoms with Crippen molar-refractivity contribution in [3.05, 3.63) is 59.2 Å². The van der Waals surface area contributed by atoms with Crippen LogP contribution in [0.5, 0.6) is 11.5 Å². The Labute approximate surface area is 133 Å². The molecule has 23 heavy (non-hydrogen) atoms. The Morgan fingerprint density at radius 2 is 1.91 bits per heavy atom. The zero-order valence-electron chi connectivity index (χ0n) is 12.8. The van der Waals surface area contributed by atoms with Gasteiger partial charge in [-0.05, 0) is 36.2 Å². The van der Waals surface area contributed by atoms with Crippen LogP contribution in [0.15, 0.2) is 42.5 Å². The molecule has 4 nitrogen and oxygen atoms in total. The van der Waals surface area contributed by atoms with Crippen LogP contribution in [0.1, 0.15) is 21.5 Å². The fourth-order valence-corrected chi connectivity index (χ4v) is 2.09. The van der Waals surface area contributed by atoms with E-state index in [-0.39, 0.29) is 23.0 Å². The number of halogens is 2. The average molecular weight is 321 g/mol. The van der Waals surface area contributed by atoms with Crippen LogP contribution in [0, 0.1) is 6.92 Å². The van der Waals surface area contributed by atoms with Crippen LogP contribution in [0.2, 0.25) is 0 Å². The van der Waals surface area contributed by atoms with E-state index in [1.807, 2.05) is 31.2 Å². The third-order valence-electron chi connectivity index (χ3n) is 3.34. The highest BCUT2D eigenvalue weighted by Gasteiger charge is 2.14. The van der Waals surface area contributed by atoms with E-state index in [0.29, 0.717) is 6.54 Å². The number of hydrogen-bond acceptors (Lipinski definition) is 3. The second-order valence-electron chi connectivity index (χ2n) is 4.85. The van der Waals surface area contributed by atoms with E-state index in [4.69, 9.17) is 4.74 Å². The molecule has 2 aromatic carbocycles. The Hall–Kier alpha value is -2.63. The smallest absolute Gasteiger partial charge is 0.387 e. The molecule has 0 unspecified atom stereocenters. The van der Waals surface area contributed by atoms with Crippen LogP contribution in [0.25, 0.3) is 0 Å². The lowest BCUT2D eigenvalue weighted by Gasteiger charge is -2.12. The summed E-state index contributed by atoms with van der Waals surface area (Å²) < 4.78 is 34.1. The van der Waals surface area contributed by atoms with Crippen molar-refractivity contribution >= 4 is 5.91 Å². The van der Waals surface area contributed by atoms with E-state index < -0.39 is 6.61 Å². The zero-order valence-corrected chi connectivity index (χ0v) is 12.8.